The van der Waals surface area contributed by atoms with Gasteiger partial charge in [0.25, 0.3) is 11.8 Å². The zero-order valence-corrected chi connectivity index (χ0v) is 19.0. The number of imide groups is 1. The molecule has 0 bridgehead atoms. The minimum absolute atomic E-state index is 0.0120. The molecule has 0 fully saturated rings. The second kappa shape index (κ2) is 11.0. The molecule has 1 aliphatic heterocycles. The van der Waals surface area contributed by atoms with Crippen LogP contribution in [0.25, 0.3) is 5.57 Å². The second-order valence-electron chi connectivity index (χ2n) is 7.91. The predicted molar refractivity (Wildman–Crippen MR) is 122 cm³/mol. The van der Waals surface area contributed by atoms with Gasteiger partial charge in [0.15, 0.2) is 11.6 Å². The minimum atomic E-state index is -1.06. The van der Waals surface area contributed by atoms with Crippen molar-refractivity contribution in [2.75, 3.05) is 25.1 Å². The van der Waals surface area contributed by atoms with E-state index >= 15 is 0 Å². The van der Waals surface area contributed by atoms with Gasteiger partial charge in [-0.25, -0.2) is 8.78 Å². The van der Waals surface area contributed by atoms with Gasteiger partial charge in [-0.1, -0.05) is 19.1 Å². The Hall–Kier alpha value is -3.26. The summed E-state index contributed by atoms with van der Waals surface area (Å²) >= 11 is 0. The maximum Gasteiger partial charge on any atom is 0.278 e. The van der Waals surface area contributed by atoms with Gasteiger partial charge in [-0.15, -0.1) is 0 Å². The van der Waals surface area contributed by atoms with Crippen LogP contribution in [-0.4, -0.2) is 42.6 Å². The Kier molecular flexibility index (Phi) is 8.16. The standard InChI is InChI=1S/C25H28F2N2O4/c1-4-13-33-19-9-6-17(7-10-19)22-23(28-18-8-11-20(26)21(27)15-18)25(31)29(24(22)30)12-5-14-32-16(2)3/h6-11,15-16,28H,4-5,12-14H2,1-3H3. The summed E-state index contributed by atoms with van der Waals surface area (Å²) in [5.41, 5.74) is 0.855. The summed E-state index contributed by atoms with van der Waals surface area (Å²) in [6.07, 6.45) is 1.38. The van der Waals surface area contributed by atoms with Crippen molar-refractivity contribution in [2.24, 2.45) is 0 Å². The molecular formula is C25H28F2N2O4. The van der Waals surface area contributed by atoms with Crippen LogP contribution in [0.1, 0.15) is 39.2 Å². The molecular weight excluding hydrogens is 430 g/mol. The van der Waals surface area contributed by atoms with Crippen LogP contribution >= 0.6 is 0 Å². The summed E-state index contributed by atoms with van der Waals surface area (Å²) in [5.74, 6) is -2.40. The fourth-order valence-corrected chi connectivity index (χ4v) is 3.36. The molecule has 1 heterocycles. The maximum absolute atomic E-state index is 13.7. The van der Waals surface area contributed by atoms with Crippen LogP contribution in [0.4, 0.5) is 14.5 Å². The summed E-state index contributed by atoms with van der Waals surface area (Å²) in [7, 11) is 0. The SMILES string of the molecule is CCCOc1ccc(C2=C(Nc3ccc(F)c(F)c3)C(=O)N(CCCOC(C)C)C2=O)cc1. The molecule has 0 spiro atoms. The van der Waals surface area contributed by atoms with E-state index in [1.165, 1.54) is 6.07 Å². The third-order valence-corrected chi connectivity index (χ3v) is 4.95. The Morgan fingerprint density at radius 2 is 1.70 bits per heavy atom. The third kappa shape index (κ3) is 5.96. The van der Waals surface area contributed by atoms with Crippen molar-refractivity contribution in [2.45, 2.75) is 39.7 Å². The number of hydrogen-bond donors (Lipinski definition) is 1. The molecule has 1 aliphatic rings. The number of carbonyl (C=O) groups is 2. The zero-order valence-electron chi connectivity index (χ0n) is 19.0. The molecule has 0 saturated heterocycles. The van der Waals surface area contributed by atoms with Crippen molar-refractivity contribution in [1.29, 1.82) is 0 Å². The summed E-state index contributed by atoms with van der Waals surface area (Å²) in [5, 5.41) is 2.82. The van der Waals surface area contributed by atoms with Crippen LogP contribution in [0.2, 0.25) is 0 Å². The number of rotatable bonds is 11. The van der Waals surface area contributed by atoms with Crippen molar-refractivity contribution < 1.29 is 27.8 Å². The molecule has 176 valence electrons. The van der Waals surface area contributed by atoms with E-state index in [0.717, 1.165) is 23.5 Å². The van der Waals surface area contributed by atoms with Crippen molar-refractivity contribution in [3.63, 3.8) is 0 Å². The van der Waals surface area contributed by atoms with Crippen LogP contribution in [0, 0.1) is 11.6 Å². The first-order chi connectivity index (χ1) is 15.8. The minimum Gasteiger partial charge on any atom is -0.494 e. The highest BCUT2D eigenvalue weighted by Gasteiger charge is 2.39. The Morgan fingerprint density at radius 3 is 2.33 bits per heavy atom. The first kappa shape index (κ1) is 24.4. The highest BCUT2D eigenvalue weighted by molar-refractivity contribution is 6.36. The lowest BCUT2D eigenvalue weighted by Crippen LogP contribution is -2.34. The molecule has 0 aromatic heterocycles. The highest BCUT2D eigenvalue weighted by atomic mass is 19.2. The van der Waals surface area contributed by atoms with Crippen molar-refractivity contribution in [3.05, 3.63) is 65.4 Å². The Morgan fingerprint density at radius 1 is 0.970 bits per heavy atom. The van der Waals surface area contributed by atoms with E-state index in [-0.39, 0.29) is 29.6 Å². The topological polar surface area (TPSA) is 67.9 Å². The number of nitrogens with zero attached hydrogens (tertiary/aromatic N) is 1. The van der Waals surface area contributed by atoms with E-state index in [4.69, 9.17) is 9.47 Å². The third-order valence-electron chi connectivity index (χ3n) is 4.95. The molecule has 0 radical (unpaired) electrons. The van der Waals surface area contributed by atoms with E-state index in [9.17, 15) is 18.4 Å². The lowest BCUT2D eigenvalue weighted by atomic mass is 10.0. The Bertz CT molecular complexity index is 1040. The van der Waals surface area contributed by atoms with Crippen molar-refractivity contribution >= 4 is 23.1 Å². The Balaban J connectivity index is 1.90. The van der Waals surface area contributed by atoms with Gasteiger partial charge in [0.2, 0.25) is 0 Å². The van der Waals surface area contributed by atoms with E-state index in [2.05, 4.69) is 5.32 Å². The predicted octanol–water partition coefficient (Wildman–Crippen LogP) is 4.76. The van der Waals surface area contributed by atoms with Crippen LogP contribution in [0.3, 0.4) is 0 Å². The average molecular weight is 459 g/mol. The largest absolute Gasteiger partial charge is 0.494 e. The number of anilines is 1. The van der Waals surface area contributed by atoms with E-state index in [1.807, 2.05) is 20.8 Å². The number of nitrogens with one attached hydrogen (secondary N) is 1. The van der Waals surface area contributed by atoms with E-state index < -0.39 is 23.4 Å². The zero-order chi connectivity index (χ0) is 24.0. The van der Waals surface area contributed by atoms with E-state index in [0.29, 0.717) is 30.9 Å². The number of carbonyl (C=O) groups excluding carboxylic acids is 2. The molecule has 3 rings (SSSR count). The van der Waals surface area contributed by atoms with Gasteiger partial charge in [0.1, 0.15) is 11.4 Å². The highest BCUT2D eigenvalue weighted by Crippen LogP contribution is 2.32. The molecule has 0 saturated carbocycles. The fourth-order valence-electron chi connectivity index (χ4n) is 3.36. The lowest BCUT2D eigenvalue weighted by Gasteiger charge is -2.16. The van der Waals surface area contributed by atoms with Gasteiger partial charge in [-0.05, 0) is 56.5 Å². The van der Waals surface area contributed by atoms with Crippen LogP contribution in [-0.2, 0) is 14.3 Å². The summed E-state index contributed by atoms with van der Waals surface area (Å²) in [4.78, 5) is 27.5. The number of amides is 2. The molecule has 0 atom stereocenters. The lowest BCUT2D eigenvalue weighted by molar-refractivity contribution is -0.137. The van der Waals surface area contributed by atoms with Crippen LogP contribution in [0.15, 0.2) is 48.2 Å². The molecule has 2 aromatic carbocycles. The van der Waals surface area contributed by atoms with Gasteiger partial charge in [0.05, 0.1) is 18.3 Å². The normalized spacial score (nSPS) is 13.9. The first-order valence-electron chi connectivity index (χ1n) is 11.0. The van der Waals surface area contributed by atoms with Gasteiger partial charge in [-0.2, -0.15) is 0 Å². The van der Waals surface area contributed by atoms with Gasteiger partial charge in [0, 0.05) is 24.9 Å². The quantitative estimate of drug-likeness (QED) is 0.388. The number of benzene rings is 2. The molecule has 1 N–H and O–H groups in total. The smallest absolute Gasteiger partial charge is 0.278 e. The maximum atomic E-state index is 13.7. The van der Waals surface area contributed by atoms with Crippen molar-refractivity contribution in [1.82, 2.24) is 4.90 Å². The molecule has 33 heavy (non-hydrogen) atoms. The molecule has 6 nitrogen and oxygen atoms in total. The number of halogens is 2. The van der Waals surface area contributed by atoms with Gasteiger partial charge >= 0.3 is 0 Å². The van der Waals surface area contributed by atoms with Gasteiger partial charge < -0.3 is 14.8 Å². The van der Waals surface area contributed by atoms with E-state index in [1.54, 1.807) is 24.3 Å². The van der Waals surface area contributed by atoms with Crippen LogP contribution in [0.5, 0.6) is 5.75 Å². The average Bonchev–Trinajstić information content (AvgIpc) is 3.02. The van der Waals surface area contributed by atoms with Crippen LogP contribution < -0.4 is 10.1 Å². The molecule has 0 unspecified atom stereocenters. The molecule has 2 aromatic rings. The Labute approximate surface area is 192 Å². The molecule has 0 aliphatic carbocycles. The summed E-state index contributed by atoms with van der Waals surface area (Å²) in [6, 6.07) is 10.1. The second-order valence-corrected chi connectivity index (χ2v) is 7.91. The molecule has 8 heteroatoms. The monoisotopic (exact) mass is 458 g/mol. The summed E-state index contributed by atoms with van der Waals surface area (Å²) < 4.78 is 38.2. The fraction of sp³-hybridized carbons (Fsp3) is 0.360. The van der Waals surface area contributed by atoms with Crippen molar-refractivity contribution in [3.8, 4) is 5.75 Å². The number of ether oxygens (including phenoxy) is 2. The summed E-state index contributed by atoms with van der Waals surface area (Å²) in [6.45, 7) is 6.95. The number of hydrogen-bond acceptors (Lipinski definition) is 5. The first-order valence-corrected chi connectivity index (χ1v) is 11.0. The van der Waals surface area contributed by atoms with Gasteiger partial charge in [-0.3, -0.25) is 14.5 Å². The molecule has 2 amide bonds.